The number of pyridine rings is 1. The normalized spacial score (nSPS) is 14.9. The third-order valence-corrected chi connectivity index (χ3v) is 1.88. The van der Waals surface area contributed by atoms with Crippen LogP contribution in [0.25, 0.3) is 10.9 Å². The van der Waals surface area contributed by atoms with Crippen LogP contribution in [0.15, 0.2) is 36.5 Å². The molecule has 0 radical (unpaired) electrons. The van der Waals surface area contributed by atoms with Crippen molar-refractivity contribution >= 4 is 18.7 Å². The number of fused-ring (bicyclic) bond motifs is 1. The molecule has 0 aliphatic carbocycles. The summed E-state index contributed by atoms with van der Waals surface area (Å²) >= 11 is 0. The van der Waals surface area contributed by atoms with Crippen molar-refractivity contribution in [2.45, 2.75) is 0 Å². The summed E-state index contributed by atoms with van der Waals surface area (Å²) in [6, 6.07) is 10.00. The van der Waals surface area contributed by atoms with Crippen LogP contribution < -0.4 is 9.72 Å². The van der Waals surface area contributed by atoms with Crippen molar-refractivity contribution in [2.24, 2.45) is 0 Å². The first-order chi connectivity index (χ1) is 8.36. The van der Waals surface area contributed by atoms with Gasteiger partial charge in [-0.25, -0.2) is 4.98 Å². The van der Waals surface area contributed by atoms with Gasteiger partial charge in [0.1, 0.15) is 0 Å². The first-order valence-corrected chi connectivity index (χ1v) is 6.89. The van der Waals surface area contributed by atoms with Gasteiger partial charge < -0.3 is 4.74 Å². The number of halogens is 6. The molecule has 0 spiro atoms. The molecule has 1 heterocycles. The Bertz CT molecular complexity index is 566. The molecule has 1 aromatic heterocycles. The van der Waals surface area contributed by atoms with Gasteiger partial charge in [-0.05, 0) is 18.2 Å². The van der Waals surface area contributed by atoms with Crippen LogP contribution in [0.3, 0.4) is 0 Å². The van der Waals surface area contributed by atoms with Crippen LogP contribution in [0, 0.1) is 0 Å². The van der Waals surface area contributed by atoms with E-state index in [9.17, 15) is 25.2 Å². The van der Waals surface area contributed by atoms with Gasteiger partial charge in [0.25, 0.3) is 5.52 Å². The van der Waals surface area contributed by atoms with Gasteiger partial charge in [0.05, 0.1) is 12.5 Å². The standard InChI is InChI=1S/C10H9NO.F6P/c1-12-9-6-2-4-8-5-3-7-11-10(8)9;1-7(2,3,4,5)6/h2-7H,1H3;/q;-1/p+1. The van der Waals surface area contributed by atoms with Gasteiger partial charge in [-0.2, -0.15) is 0 Å². The van der Waals surface area contributed by atoms with E-state index in [4.69, 9.17) is 4.74 Å². The molecule has 0 atom stereocenters. The molecule has 0 aliphatic heterocycles. The summed E-state index contributed by atoms with van der Waals surface area (Å²) in [6.45, 7) is 0. The number of H-pyrrole nitrogens is 1. The number of ether oxygens (including phenoxy) is 1. The van der Waals surface area contributed by atoms with Crippen molar-refractivity contribution in [2.75, 3.05) is 7.11 Å². The number of hydrogen-bond donors (Lipinski definition) is 0. The second-order valence-electron chi connectivity index (χ2n) is 3.55. The van der Waals surface area contributed by atoms with Crippen molar-refractivity contribution in [3.63, 3.8) is 0 Å². The molecule has 0 saturated heterocycles. The van der Waals surface area contributed by atoms with Gasteiger partial charge in [0.2, 0.25) is 0 Å². The number of methoxy groups -OCH3 is 1. The van der Waals surface area contributed by atoms with Crippen LogP contribution in [0.4, 0.5) is 25.2 Å². The van der Waals surface area contributed by atoms with Crippen LogP contribution in [0.5, 0.6) is 5.75 Å². The molecule has 0 bridgehead atoms. The quantitative estimate of drug-likeness (QED) is 0.534. The average molecular weight is 305 g/mol. The molecule has 0 fully saturated rings. The van der Waals surface area contributed by atoms with E-state index in [1.807, 2.05) is 36.5 Å². The van der Waals surface area contributed by atoms with E-state index in [0.717, 1.165) is 16.7 Å². The zero-order valence-electron chi connectivity index (χ0n) is 9.59. The Kier molecular flexibility index (Phi) is 3.45. The van der Waals surface area contributed by atoms with Gasteiger partial charge in [-0.15, -0.1) is 0 Å². The third kappa shape index (κ3) is 7.46. The predicted octanol–water partition coefficient (Wildman–Crippen LogP) is 5.04. The summed E-state index contributed by atoms with van der Waals surface area (Å²) in [4.78, 5) is 3.15. The minimum atomic E-state index is -10.7. The molecule has 2 nitrogen and oxygen atoms in total. The fourth-order valence-corrected chi connectivity index (χ4v) is 1.29. The molecule has 0 unspecified atom stereocenters. The van der Waals surface area contributed by atoms with E-state index < -0.39 is 7.81 Å². The fourth-order valence-electron chi connectivity index (χ4n) is 1.29. The number of para-hydroxylation sites is 1. The summed E-state index contributed by atoms with van der Waals surface area (Å²) in [7, 11) is -8.98. The van der Waals surface area contributed by atoms with Crippen molar-refractivity contribution < 1.29 is 34.9 Å². The van der Waals surface area contributed by atoms with E-state index >= 15 is 0 Å². The zero-order valence-corrected chi connectivity index (χ0v) is 10.5. The number of rotatable bonds is 1. The molecular weight excluding hydrogens is 295 g/mol. The van der Waals surface area contributed by atoms with Crippen molar-refractivity contribution in [3.05, 3.63) is 36.5 Å². The first kappa shape index (κ1) is 15.5. The molecule has 0 amide bonds. The summed E-state index contributed by atoms with van der Waals surface area (Å²) in [5.41, 5.74) is 1.04. The van der Waals surface area contributed by atoms with Crippen molar-refractivity contribution in [1.29, 1.82) is 0 Å². The minimum absolute atomic E-state index is 0.883. The van der Waals surface area contributed by atoms with Gasteiger partial charge in [0.15, 0.2) is 11.9 Å². The van der Waals surface area contributed by atoms with E-state index in [2.05, 4.69) is 4.98 Å². The monoisotopic (exact) mass is 305 g/mol. The Labute approximate surface area is 104 Å². The molecule has 2 rings (SSSR count). The maximum absolute atomic E-state index is 10.7. The second-order valence-corrected chi connectivity index (χ2v) is 5.47. The van der Waals surface area contributed by atoms with Gasteiger partial charge >= 0.3 is 33.0 Å². The topological polar surface area (TPSA) is 23.4 Å². The van der Waals surface area contributed by atoms with Crippen LogP contribution >= 0.6 is 7.81 Å². The number of benzene rings is 1. The van der Waals surface area contributed by atoms with E-state index in [1.54, 1.807) is 7.11 Å². The van der Waals surface area contributed by atoms with Crippen LogP contribution in [0.1, 0.15) is 0 Å². The van der Waals surface area contributed by atoms with E-state index in [-0.39, 0.29) is 0 Å². The Hall–Kier alpha value is -1.56. The van der Waals surface area contributed by atoms with E-state index in [0.29, 0.717) is 0 Å². The van der Waals surface area contributed by atoms with Crippen molar-refractivity contribution in [1.82, 2.24) is 0 Å². The van der Waals surface area contributed by atoms with Gasteiger partial charge in [-0.3, -0.25) is 0 Å². The van der Waals surface area contributed by atoms with Gasteiger partial charge in [-0.1, -0.05) is 6.07 Å². The second kappa shape index (κ2) is 4.23. The molecule has 1 N–H and O–H groups in total. The van der Waals surface area contributed by atoms with Crippen LogP contribution in [0.2, 0.25) is 0 Å². The molecular formula is C10H10F6NOP. The van der Waals surface area contributed by atoms with E-state index in [1.165, 1.54) is 0 Å². The molecule has 0 saturated carbocycles. The molecule has 108 valence electrons. The Morgan fingerprint density at radius 3 is 2.00 bits per heavy atom. The molecule has 1 aromatic carbocycles. The fraction of sp³-hybridized carbons (Fsp3) is 0.100. The predicted molar refractivity (Wildman–Crippen MR) is 60.6 cm³/mol. The SMILES string of the molecule is COc1cccc2ccc[nH+]c12.F[P-](F)(F)(F)(F)F. The summed E-state index contributed by atoms with van der Waals surface area (Å²) < 4.78 is 64.4. The van der Waals surface area contributed by atoms with Crippen LogP contribution in [-0.4, -0.2) is 7.11 Å². The number of aromatic amines is 1. The average Bonchev–Trinajstić information content (AvgIpc) is 2.24. The summed E-state index contributed by atoms with van der Waals surface area (Å²) in [5, 5.41) is 1.16. The Morgan fingerprint density at radius 2 is 1.47 bits per heavy atom. The molecule has 9 heteroatoms. The molecule has 19 heavy (non-hydrogen) atoms. The Balaban J connectivity index is 0.000000224. The maximum atomic E-state index is 9.87. The van der Waals surface area contributed by atoms with Crippen molar-refractivity contribution in [3.8, 4) is 5.75 Å². The molecule has 2 aromatic rings. The first-order valence-electron chi connectivity index (χ1n) is 4.86. The number of hydrogen-bond acceptors (Lipinski definition) is 1. The van der Waals surface area contributed by atoms with Crippen LogP contribution in [-0.2, 0) is 0 Å². The Morgan fingerprint density at radius 1 is 0.947 bits per heavy atom. The summed E-state index contributed by atoms with van der Waals surface area (Å²) in [6.07, 6.45) is 1.89. The number of aromatic nitrogens is 1. The molecule has 0 aliphatic rings. The number of nitrogens with one attached hydrogen (secondary N) is 1. The third-order valence-electron chi connectivity index (χ3n) is 1.88. The summed E-state index contributed by atoms with van der Waals surface area (Å²) in [5.74, 6) is 0.883. The van der Waals surface area contributed by atoms with Gasteiger partial charge in [0, 0.05) is 6.07 Å². The zero-order chi connectivity index (χ0) is 14.8.